The van der Waals surface area contributed by atoms with Crippen molar-refractivity contribution in [2.24, 2.45) is 0 Å². The molecule has 2 rings (SSSR count). The molecule has 0 spiro atoms. The van der Waals surface area contributed by atoms with Crippen LogP contribution in [0.1, 0.15) is 17.5 Å². The second-order valence-corrected chi connectivity index (χ2v) is 5.78. The third-order valence-corrected chi connectivity index (χ3v) is 4.43. The maximum absolute atomic E-state index is 12.2. The number of nitrogens with zero attached hydrogens (tertiary/aromatic N) is 1. The molecule has 0 amide bonds. The van der Waals surface area contributed by atoms with Crippen LogP contribution in [0.5, 0.6) is 0 Å². The summed E-state index contributed by atoms with van der Waals surface area (Å²) in [5, 5.41) is 0. The minimum atomic E-state index is -3.48. The molecule has 0 aromatic heterocycles. The van der Waals surface area contributed by atoms with Crippen LogP contribution < -0.4 is 0 Å². The molecule has 0 bridgehead atoms. The number of benzene rings is 1. The molecule has 0 radical (unpaired) electrons. The Morgan fingerprint density at radius 1 is 1.31 bits per heavy atom. The Morgan fingerprint density at radius 2 is 2.06 bits per heavy atom. The zero-order valence-corrected chi connectivity index (χ0v) is 10.3. The van der Waals surface area contributed by atoms with Crippen LogP contribution >= 0.6 is 0 Å². The van der Waals surface area contributed by atoms with Gasteiger partial charge in [0.05, 0.1) is 11.5 Å². The molecule has 1 aromatic carbocycles. The molecule has 88 valence electrons. The van der Waals surface area contributed by atoms with E-state index in [9.17, 15) is 8.42 Å². The fourth-order valence-electron chi connectivity index (χ4n) is 1.71. The summed E-state index contributed by atoms with van der Waals surface area (Å²) < 4.78 is 25.5. The summed E-state index contributed by atoms with van der Waals surface area (Å²) in [5.74, 6) is 0. The topological polar surface area (TPSA) is 46.6 Å². The van der Waals surface area contributed by atoms with Crippen LogP contribution in [-0.2, 0) is 14.9 Å². The summed E-state index contributed by atoms with van der Waals surface area (Å²) in [6.45, 7) is 4.59. The first-order valence-corrected chi connectivity index (χ1v) is 6.69. The van der Waals surface area contributed by atoms with Crippen LogP contribution in [0.3, 0.4) is 0 Å². The van der Waals surface area contributed by atoms with E-state index < -0.39 is 10.0 Å². The van der Waals surface area contributed by atoms with E-state index in [2.05, 4.69) is 0 Å². The van der Waals surface area contributed by atoms with Gasteiger partial charge in [-0.05, 0) is 37.5 Å². The standard InChI is InChI=1S/C11H15NO3S/c1-9-4-5-10(2)11(8-9)16(13,14)12-6-3-7-15-12/h4-5,8H,3,6-7H2,1-2H3. The van der Waals surface area contributed by atoms with Gasteiger partial charge >= 0.3 is 0 Å². The highest BCUT2D eigenvalue weighted by atomic mass is 32.2. The molecule has 1 aliphatic rings. The molecule has 0 N–H and O–H groups in total. The summed E-state index contributed by atoms with van der Waals surface area (Å²) in [6.07, 6.45) is 0.754. The Morgan fingerprint density at radius 3 is 2.69 bits per heavy atom. The normalized spacial score (nSPS) is 17.9. The predicted molar refractivity (Wildman–Crippen MR) is 60.4 cm³/mol. The predicted octanol–water partition coefficient (Wildman–Crippen LogP) is 1.63. The van der Waals surface area contributed by atoms with E-state index in [0.717, 1.165) is 22.0 Å². The number of sulfonamides is 1. The van der Waals surface area contributed by atoms with Gasteiger partial charge in [0.2, 0.25) is 0 Å². The van der Waals surface area contributed by atoms with Gasteiger partial charge < -0.3 is 0 Å². The highest BCUT2D eigenvalue weighted by Gasteiger charge is 2.29. The molecule has 0 atom stereocenters. The van der Waals surface area contributed by atoms with Crippen LogP contribution in [0.25, 0.3) is 0 Å². The first-order valence-electron chi connectivity index (χ1n) is 5.25. The number of hydrogen-bond donors (Lipinski definition) is 0. The van der Waals surface area contributed by atoms with Crippen molar-refractivity contribution in [2.75, 3.05) is 13.2 Å². The zero-order chi connectivity index (χ0) is 11.8. The lowest BCUT2D eigenvalue weighted by atomic mass is 10.2. The lowest BCUT2D eigenvalue weighted by molar-refractivity contribution is -0.0284. The van der Waals surface area contributed by atoms with Gasteiger partial charge in [-0.25, -0.2) is 8.42 Å². The Balaban J connectivity index is 2.46. The average Bonchev–Trinajstić information content (AvgIpc) is 2.75. The number of rotatable bonds is 2. The average molecular weight is 241 g/mol. The molecule has 0 unspecified atom stereocenters. The number of aryl methyl sites for hydroxylation is 2. The van der Waals surface area contributed by atoms with Gasteiger partial charge in [-0.2, -0.15) is 0 Å². The van der Waals surface area contributed by atoms with Crippen LogP contribution in [0.15, 0.2) is 23.1 Å². The molecule has 4 nitrogen and oxygen atoms in total. The highest BCUT2D eigenvalue weighted by molar-refractivity contribution is 7.89. The fraction of sp³-hybridized carbons (Fsp3) is 0.455. The van der Waals surface area contributed by atoms with Gasteiger partial charge in [0.1, 0.15) is 0 Å². The molecule has 1 aromatic rings. The van der Waals surface area contributed by atoms with Crippen molar-refractivity contribution < 1.29 is 13.3 Å². The van der Waals surface area contributed by atoms with Gasteiger partial charge in [-0.3, -0.25) is 4.84 Å². The van der Waals surface area contributed by atoms with Gasteiger partial charge in [0.15, 0.2) is 0 Å². The summed E-state index contributed by atoms with van der Waals surface area (Å²) >= 11 is 0. The van der Waals surface area contributed by atoms with E-state index in [1.165, 1.54) is 0 Å². The maximum atomic E-state index is 12.2. The first-order chi connectivity index (χ1) is 7.51. The number of hydroxylamine groups is 1. The van der Waals surface area contributed by atoms with Gasteiger partial charge in [0.25, 0.3) is 10.0 Å². The molecule has 0 aliphatic carbocycles. The van der Waals surface area contributed by atoms with Crippen LogP contribution in [0.2, 0.25) is 0 Å². The second kappa shape index (κ2) is 4.16. The lowest BCUT2D eigenvalue weighted by Crippen LogP contribution is -2.27. The molecule has 5 heteroatoms. The van der Waals surface area contributed by atoms with Crippen molar-refractivity contribution in [2.45, 2.75) is 25.2 Å². The molecule has 1 saturated heterocycles. The summed E-state index contributed by atoms with van der Waals surface area (Å²) in [7, 11) is -3.48. The Hall–Kier alpha value is -0.910. The Kier molecular flexibility index (Phi) is 3.01. The molecule has 1 aliphatic heterocycles. The summed E-state index contributed by atoms with van der Waals surface area (Å²) in [5.41, 5.74) is 1.68. The lowest BCUT2D eigenvalue weighted by Gasteiger charge is -2.16. The Bertz CT molecular complexity index is 490. The monoisotopic (exact) mass is 241 g/mol. The summed E-state index contributed by atoms with van der Waals surface area (Å²) in [6, 6.07) is 5.41. The van der Waals surface area contributed by atoms with Crippen molar-refractivity contribution in [1.29, 1.82) is 0 Å². The van der Waals surface area contributed by atoms with Gasteiger partial charge in [0, 0.05) is 6.54 Å². The third kappa shape index (κ3) is 1.98. The zero-order valence-electron chi connectivity index (χ0n) is 9.43. The van der Waals surface area contributed by atoms with Crippen molar-refractivity contribution in [3.8, 4) is 0 Å². The minimum Gasteiger partial charge on any atom is -0.284 e. The number of hydrogen-bond acceptors (Lipinski definition) is 3. The Labute approximate surface area is 95.8 Å². The largest absolute Gasteiger partial charge is 0.284 e. The van der Waals surface area contributed by atoms with E-state index in [1.54, 1.807) is 13.0 Å². The second-order valence-electron chi connectivity index (χ2n) is 3.99. The van der Waals surface area contributed by atoms with Crippen LogP contribution in [0, 0.1) is 13.8 Å². The van der Waals surface area contributed by atoms with E-state index in [1.807, 2.05) is 19.1 Å². The highest BCUT2D eigenvalue weighted by Crippen LogP contribution is 2.23. The van der Waals surface area contributed by atoms with E-state index in [-0.39, 0.29) is 0 Å². The summed E-state index contributed by atoms with van der Waals surface area (Å²) in [4.78, 5) is 5.45. The molecular weight excluding hydrogens is 226 g/mol. The molecule has 1 fully saturated rings. The van der Waals surface area contributed by atoms with E-state index in [0.29, 0.717) is 18.0 Å². The van der Waals surface area contributed by atoms with Gasteiger partial charge in [-0.1, -0.05) is 16.6 Å². The molecular formula is C11H15NO3S. The molecule has 16 heavy (non-hydrogen) atoms. The van der Waals surface area contributed by atoms with Crippen LogP contribution in [-0.4, -0.2) is 26.0 Å². The van der Waals surface area contributed by atoms with E-state index in [4.69, 9.17) is 4.84 Å². The first kappa shape index (κ1) is 11.6. The molecule has 1 heterocycles. The third-order valence-electron chi connectivity index (χ3n) is 2.61. The van der Waals surface area contributed by atoms with Crippen molar-refractivity contribution >= 4 is 10.0 Å². The quantitative estimate of drug-likeness (QED) is 0.790. The fourth-order valence-corrected chi connectivity index (χ4v) is 3.32. The molecule has 0 saturated carbocycles. The van der Waals surface area contributed by atoms with E-state index >= 15 is 0 Å². The van der Waals surface area contributed by atoms with Gasteiger partial charge in [-0.15, -0.1) is 0 Å². The van der Waals surface area contributed by atoms with Crippen molar-refractivity contribution in [1.82, 2.24) is 4.47 Å². The van der Waals surface area contributed by atoms with Crippen molar-refractivity contribution in [3.63, 3.8) is 0 Å². The minimum absolute atomic E-state index is 0.342. The SMILES string of the molecule is Cc1ccc(C)c(S(=O)(=O)N2CCCO2)c1. The van der Waals surface area contributed by atoms with Crippen LogP contribution in [0.4, 0.5) is 0 Å². The smallest absolute Gasteiger partial charge is 0.265 e. The van der Waals surface area contributed by atoms with Crippen molar-refractivity contribution in [3.05, 3.63) is 29.3 Å². The maximum Gasteiger partial charge on any atom is 0.265 e.